The Balaban J connectivity index is 1.78. The molecule has 13 nitrogen and oxygen atoms in total. The molecule has 1 saturated carbocycles. The molecule has 5 N–H and O–H groups in total. The highest BCUT2D eigenvalue weighted by molar-refractivity contribution is 7.07. The summed E-state index contributed by atoms with van der Waals surface area (Å²) >= 11 is 1.33. The number of nitrogens with one attached hydrogen (secondary N) is 4. The molecular formula is C23H31N5O8S. The van der Waals surface area contributed by atoms with Crippen LogP contribution in [0.5, 0.6) is 0 Å². The first-order valence-corrected chi connectivity index (χ1v) is 13.0. The van der Waals surface area contributed by atoms with Crippen LogP contribution in [0.15, 0.2) is 10.9 Å². The van der Waals surface area contributed by atoms with Crippen molar-refractivity contribution in [3.63, 3.8) is 0 Å². The van der Waals surface area contributed by atoms with Crippen molar-refractivity contribution >= 4 is 46.9 Å². The summed E-state index contributed by atoms with van der Waals surface area (Å²) in [5.41, 5.74) is 1.01. The molecule has 0 aromatic carbocycles. The lowest BCUT2D eigenvalue weighted by molar-refractivity contribution is -0.151. The van der Waals surface area contributed by atoms with E-state index in [1.165, 1.54) is 18.3 Å². The number of carbonyl (C=O) groups excluding carboxylic acids is 5. The summed E-state index contributed by atoms with van der Waals surface area (Å²) < 4.78 is 5.41. The molecule has 1 aromatic heterocycles. The first-order chi connectivity index (χ1) is 17.6. The highest BCUT2D eigenvalue weighted by Crippen LogP contribution is 2.35. The number of esters is 1. The predicted octanol–water partition coefficient (Wildman–Crippen LogP) is -0.599. The van der Waals surface area contributed by atoms with Crippen LogP contribution in [-0.2, 0) is 39.9 Å². The molecule has 0 radical (unpaired) electrons. The predicted molar refractivity (Wildman–Crippen MR) is 129 cm³/mol. The topological polar surface area (TPSA) is 193 Å². The number of thiazole rings is 1. The number of unbranched alkanes of at least 4 members (excludes halogenated alkanes) is 1. The smallest absolute Gasteiger partial charge is 0.325 e. The third-order valence-corrected chi connectivity index (χ3v) is 6.75. The maximum atomic E-state index is 13.0. The fraction of sp³-hybridized carbons (Fsp3) is 0.609. The van der Waals surface area contributed by atoms with E-state index in [4.69, 9.17) is 9.84 Å². The van der Waals surface area contributed by atoms with Gasteiger partial charge >= 0.3 is 11.9 Å². The Kier molecular flexibility index (Phi) is 9.55. The van der Waals surface area contributed by atoms with Crippen LogP contribution < -0.4 is 21.3 Å². The summed E-state index contributed by atoms with van der Waals surface area (Å²) in [4.78, 5) is 78.6. The van der Waals surface area contributed by atoms with Gasteiger partial charge in [0.1, 0.15) is 30.3 Å². The van der Waals surface area contributed by atoms with Crippen molar-refractivity contribution in [1.29, 1.82) is 0 Å². The van der Waals surface area contributed by atoms with Crippen molar-refractivity contribution in [2.75, 3.05) is 6.54 Å². The van der Waals surface area contributed by atoms with Crippen LogP contribution in [-0.4, -0.2) is 75.9 Å². The Morgan fingerprint density at radius 3 is 2.57 bits per heavy atom. The van der Waals surface area contributed by atoms with Gasteiger partial charge < -0.3 is 31.1 Å². The van der Waals surface area contributed by atoms with Crippen LogP contribution >= 0.6 is 11.3 Å². The molecule has 14 heteroatoms. The molecule has 1 aromatic rings. The SMILES string of the molecule is CC1NC(=O)C(Cc2cscn2)NC(=O)CC(CCCCC(=O)O)OC(=O)CNC(=O)C2(CC2)NC1=O. The van der Waals surface area contributed by atoms with E-state index in [0.717, 1.165) is 0 Å². The number of carboxylic acid groups (broad SMARTS) is 1. The molecule has 3 rings (SSSR count). The highest BCUT2D eigenvalue weighted by atomic mass is 32.1. The van der Waals surface area contributed by atoms with Crippen molar-refractivity contribution < 1.29 is 38.6 Å². The lowest BCUT2D eigenvalue weighted by Gasteiger charge is -2.25. The molecule has 0 bridgehead atoms. The van der Waals surface area contributed by atoms with E-state index < -0.39 is 65.8 Å². The van der Waals surface area contributed by atoms with E-state index >= 15 is 0 Å². The Bertz CT molecular complexity index is 1030. The zero-order valence-electron chi connectivity index (χ0n) is 20.4. The number of aromatic nitrogens is 1. The van der Waals surface area contributed by atoms with Crippen LogP contribution in [0.4, 0.5) is 0 Å². The molecule has 3 atom stereocenters. The number of amides is 4. The van der Waals surface area contributed by atoms with Crippen molar-refractivity contribution in [3.05, 3.63) is 16.6 Å². The zero-order chi connectivity index (χ0) is 27.0. The lowest BCUT2D eigenvalue weighted by Crippen LogP contribution is -2.57. The van der Waals surface area contributed by atoms with Gasteiger partial charge in [0.25, 0.3) is 0 Å². The van der Waals surface area contributed by atoms with Gasteiger partial charge in [-0.05, 0) is 39.0 Å². The van der Waals surface area contributed by atoms with E-state index in [9.17, 15) is 28.8 Å². The zero-order valence-corrected chi connectivity index (χ0v) is 21.2. The number of aliphatic carboxylic acids is 1. The first kappa shape index (κ1) is 28.0. The van der Waals surface area contributed by atoms with E-state index in [-0.39, 0.29) is 25.7 Å². The molecular weight excluding hydrogens is 506 g/mol. The average Bonchev–Trinajstić information content (AvgIpc) is 3.43. The fourth-order valence-corrected chi connectivity index (χ4v) is 4.45. The first-order valence-electron chi connectivity index (χ1n) is 12.1. The third-order valence-electron chi connectivity index (χ3n) is 6.12. The summed E-state index contributed by atoms with van der Waals surface area (Å²) in [6, 6.07) is -2.05. The summed E-state index contributed by atoms with van der Waals surface area (Å²) in [5, 5.41) is 20.9. The van der Waals surface area contributed by atoms with Crippen molar-refractivity contribution in [1.82, 2.24) is 26.3 Å². The van der Waals surface area contributed by atoms with Crippen LogP contribution in [0.1, 0.15) is 57.6 Å². The Morgan fingerprint density at radius 1 is 1.16 bits per heavy atom. The lowest BCUT2D eigenvalue weighted by atomic mass is 10.1. The van der Waals surface area contributed by atoms with E-state index in [1.807, 2.05) is 0 Å². The Hall–Kier alpha value is -3.55. The van der Waals surface area contributed by atoms with Gasteiger partial charge in [-0.3, -0.25) is 28.8 Å². The van der Waals surface area contributed by atoms with Gasteiger partial charge in [0.15, 0.2) is 0 Å². The maximum Gasteiger partial charge on any atom is 0.325 e. The average molecular weight is 538 g/mol. The van der Waals surface area contributed by atoms with Crippen LogP contribution in [0.3, 0.4) is 0 Å². The highest BCUT2D eigenvalue weighted by Gasteiger charge is 2.51. The minimum absolute atomic E-state index is 0.0647. The molecule has 2 fully saturated rings. The Morgan fingerprint density at radius 2 is 1.92 bits per heavy atom. The van der Waals surface area contributed by atoms with Gasteiger partial charge in [-0.15, -0.1) is 11.3 Å². The third kappa shape index (κ3) is 8.51. The van der Waals surface area contributed by atoms with Crippen molar-refractivity contribution in [3.8, 4) is 0 Å². The number of carboxylic acids is 1. The van der Waals surface area contributed by atoms with Gasteiger partial charge in [-0.1, -0.05) is 0 Å². The second-order valence-corrected chi connectivity index (χ2v) is 9.96. The molecule has 1 saturated heterocycles. The second-order valence-electron chi connectivity index (χ2n) is 9.24. The van der Waals surface area contributed by atoms with Gasteiger partial charge in [-0.25, -0.2) is 4.98 Å². The minimum atomic E-state index is -1.15. The molecule has 1 aliphatic heterocycles. The monoisotopic (exact) mass is 537 g/mol. The Labute approximate surface area is 217 Å². The van der Waals surface area contributed by atoms with Crippen LogP contribution in [0.25, 0.3) is 0 Å². The number of carbonyl (C=O) groups is 6. The number of hydrogen-bond donors (Lipinski definition) is 5. The number of rotatable bonds is 7. The molecule has 37 heavy (non-hydrogen) atoms. The minimum Gasteiger partial charge on any atom is -0.481 e. The van der Waals surface area contributed by atoms with E-state index in [0.29, 0.717) is 31.4 Å². The van der Waals surface area contributed by atoms with Gasteiger partial charge in [0, 0.05) is 18.2 Å². The summed E-state index contributed by atoms with van der Waals surface area (Å²) in [6.07, 6.45) is 0.561. The van der Waals surface area contributed by atoms with Gasteiger partial charge in [0.2, 0.25) is 23.6 Å². The quantitative estimate of drug-likeness (QED) is 0.223. The van der Waals surface area contributed by atoms with E-state index in [2.05, 4.69) is 26.3 Å². The summed E-state index contributed by atoms with van der Waals surface area (Å²) in [7, 11) is 0. The molecule has 4 amide bonds. The summed E-state index contributed by atoms with van der Waals surface area (Å²) in [5.74, 6) is -4.03. The fourth-order valence-electron chi connectivity index (χ4n) is 3.87. The van der Waals surface area contributed by atoms with Crippen molar-refractivity contribution in [2.45, 2.75) is 82.0 Å². The maximum absolute atomic E-state index is 13.0. The van der Waals surface area contributed by atoms with Crippen LogP contribution in [0.2, 0.25) is 0 Å². The number of nitrogens with zero attached hydrogens (tertiary/aromatic N) is 1. The molecule has 2 aliphatic rings. The van der Waals surface area contributed by atoms with Gasteiger partial charge in [0.05, 0.1) is 17.6 Å². The van der Waals surface area contributed by atoms with Gasteiger partial charge in [-0.2, -0.15) is 0 Å². The van der Waals surface area contributed by atoms with Crippen molar-refractivity contribution in [2.24, 2.45) is 0 Å². The normalized spacial score (nSPS) is 24.9. The number of ether oxygens (including phenoxy) is 1. The number of hydrogen-bond acceptors (Lipinski definition) is 9. The molecule has 1 aliphatic carbocycles. The summed E-state index contributed by atoms with van der Waals surface area (Å²) in [6.45, 7) is 1.01. The van der Waals surface area contributed by atoms with Crippen LogP contribution in [0, 0.1) is 0 Å². The second kappa shape index (κ2) is 12.6. The molecule has 2 heterocycles. The van der Waals surface area contributed by atoms with E-state index in [1.54, 1.807) is 10.9 Å². The molecule has 1 spiro atoms. The number of cyclic esters (lactones) is 1. The molecule has 3 unspecified atom stereocenters. The standard InChI is InChI=1S/C23H31N5O8S/c1-13-20(33)28-23(6-7-23)22(35)24-10-19(32)36-15(4-2-3-5-18(30)31)9-17(29)27-16(21(34)26-13)8-14-11-37-12-25-14/h11-13,15-16H,2-10H2,1H3,(H,24,35)(H,26,34)(H,27,29)(H,28,33)(H,30,31). The largest absolute Gasteiger partial charge is 0.481 e. The molecule has 202 valence electrons.